The number of anilines is 1. The molecule has 0 aliphatic carbocycles. The van der Waals surface area contributed by atoms with Gasteiger partial charge in [-0.25, -0.2) is 4.79 Å². The Kier molecular flexibility index (Phi) is 9.66. The number of aromatic carboxylic acids is 1. The summed E-state index contributed by atoms with van der Waals surface area (Å²) in [5.74, 6) is -0.449. The van der Waals surface area contributed by atoms with Gasteiger partial charge in [0.1, 0.15) is 11.4 Å². The molecule has 0 saturated carbocycles. The minimum absolute atomic E-state index is 0.147. The number of fused-ring (bicyclic) bond motifs is 4. The van der Waals surface area contributed by atoms with Crippen LogP contribution in [0.15, 0.2) is 73.1 Å². The van der Waals surface area contributed by atoms with Crippen LogP contribution in [0.25, 0.3) is 32.9 Å². The highest BCUT2D eigenvalue weighted by molar-refractivity contribution is 6.35. The number of pyridine rings is 1. The first kappa shape index (κ1) is 37.3. The fourth-order valence-corrected chi connectivity index (χ4v) is 8.72. The predicted molar refractivity (Wildman–Crippen MR) is 222 cm³/mol. The highest BCUT2D eigenvalue weighted by Crippen LogP contribution is 2.46. The second-order valence-electron chi connectivity index (χ2n) is 14.8. The third kappa shape index (κ3) is 6.30. The number of halogens is 2. The molecule has 12 heteroatoms. The van der Waals surface area contributed by atoms with Crippen molar-refractivity contribution < 1.29 is 19.4 Å². The van der Waals surface area contributed by atoms with E-state index in [9.17, 15) is 9.90 Å². The van der Waals surface area contributed by atoms with Crippen LogP contribution in [0, 0.1) is 27.7 Å². The maximum absolute atomic E-state index is 15.3. The van der Waals surface area contributed by atoms with Crippen LogP contribution in [-0.2, 0) is 20.0 Å². The maximum Gasteiger partial charge on any atom is 0.335 e. The maximum atomic E-state index is 15.3. The molecular formula is C44H42Cl2N6O4. The van der Waals surface area contributed by atoms with Gasteiger partial charge >= 0.3 is 5.97 Å². The predicted octanol–water partition coefficient (Wildman–Crippen LogP) is 9.91. The second-order valence-corrected chi connectivity index (χ2v) is 15.6. The number of benzene rings is 3. The van der Waals surface area contributed by atoms with Gasteiger partial charge in [-0.05, 0) is 113 Å². The van der Waals surface area contributed by atoms with Gasteiger partial charge in [0.15, 0.2) is 0 Å². The number of aryl methyl sites for hydroxylation is 5. The first-order valence-corrected chi connectivity index (χ1v) is 19.4. The Bertz CT molecular complexity index is 2690. The molecule has 56 heavy (non-hydrogen) atoms. The summed E-state index contributed by atoms with van der Waals surface area (Å²) in [6, 6.07) is 18.5. The molecule has 286 valence electrons. The monoisotopic (exact) mass is 788 g/mol. The lowest BCUT2D eigenvalue weighted by Gasteiger charge is -2.34. The van der Waals surface area contributed by atoms with Gasteiger partial charge in [0.25, 0.3) is 5.91 Å². The highest BCUT2D eigenvalue weighted by atomic mass is 35.5. The van der Waals surface area contributed by atoms with Crippen molar-refractivity contribution in [2.75, 3.05) is 18.1 Å². The first-order valence-electron chi connectivity index (χ1n) is 18.7. The molecule has 0 bridgehead atoms. The zero-order valence-electron chi connectivity index (χ0n) is 32.2. The van der Waals surface area contributed by atoms with E-state index in [4.69, 9.17) is 33.0 Å². The number of ether oxygens (including phenoxy) is 1. The molecule has 5 heterocycles. The Balaban J connectivity index is 1.27. The summed E-state index contributed by atoms with van der Waals surface area (Å²) >= 11 is 13.6. The van der Waals surface area contributed by atoms with Crippen LogP contribution in [0.2, 0.25) is 10.0 Å². The van der Waals surface area contributed by atoms with Crippen LogP contribution in [0.3, 0.4) is 0 Å². The number of hydrogen-bond donors (Lipinski definition) is 1. The van der Waals surface area contributed by atoms with Crippen molar-refractivity contribution in [2.24, 2.45) is 7.05 Å². The van der Waals surface area contributed by atoms with Crippen molar-refractivity contribution in [1.82, 2.24) is 23.9 Å². The zero-order valence-corrected chi connectivity index (χ0v) is 33.7. The van der Waals surface area contributed by atoms with Gasteiger partial charge in [0, 0.05) is 64.6 Å². The SMILES string of the molecule is Cc1cc(OCCCc2c3n(c4c(-c5c(C)nn(C)c5C)c(Cl)ccc24)C(C)CN(c2cn(Cc4ccccn4)c4ccc(C(=O)O)cc24)C3=O)cc(C)c1Cl. The summed E-state index contributed by atoms with van der Waals surface area (Å²) < 4.78 is 12.3. The largest absolute Gasteiger partial charge is 0.494 e. The molecular weight excluding hydrogens is 747 g/mol. The average Bonchev–Trinajstić information content (AvgIpc) is 3.78. The van der Waals surface area contributed by atoms with E-state index in [0.29, 0.717) is 54.3 Å². The van der Waals surface area contributed by atoms with E-state index >= 15 is 4.79 Å². The van der Waals surface area contributed by atoms with Crippen molar-refractivity contribution in [3.05, 3.63) is 128 Å². The van der Waals surface area contributed by atoms with Gasteiger partial charge in [0.2, 0.25) is 0 Å². The van der Waals surface area contributed by atoms with E-state index in [1.165, 1.54) is 0 Å². The van der Waals surface area contributed by atoms with Gasteiger partial charge in [-0.3, -0.25) is 14.5 Å². The fraction of sp³-hybridized carbons (Fsp3) is 0.273. The second kappa shape index (κ2) is 14.5. The number of carbonyl (C=O) groups excluding carboxylic acids is 1. The van der Waals surface area contributed by atoms with E-state index < -0.39 is 5.97 Å². The van der Waals surface area contributed by atoms with E-state index in [-0.39, 0.29) is 17.5 Å². The molecule has 0 radical (unpaired) electrons. The van der Waals surface area contributed by atoms with Gasteiger partial charge < -0.3 is 23.9 Å². The summed E-state index contributed by atoms with van der Waals surface area (Å²) in [7, 11) is 1.92. The van der Waals surface area contributed by atoms with E-state index in [1.807, 2.05) is 104 Å². The molecule has 0 saturated heterocycles. The van der Waals surface area contributed by atoms with E-state index in [2.05, 4.69) is 16.5 Å². The summed E-state index contributed by atoms with van der Waals surface area (Å²) in [6.07, 6.45) is 4.90. The number of carboxylic acid groups (broad SMARTS) is 1. The number of carbonyl (C=O) groups is 2. The minimum Gasteiger partial charge on any atom is -0.494 e. The Morgan fingerprint density at radius 3 is 2.43 bits per heavy atom. The van der Waals surface area contributed by atoms with E-state index in [1.54, 1.807) is 18.3 Å². The van der Waals surface area contributed by atoms with Crippen molar-refractivity contribution in [3.8, 4) is 16.9 Å². The van der Waals surface area contributed by atoms with Crippen LogP contribution in [0.1, 0.15) is 74.0 Å². The van der Waals surface area contributed by atoms with Crippen LogP contribution in [0.5, 0.6) is 5.75 Å². The standard InChI is InChI=1S/C44H42Cl2N6O4/c1-24-18-31(19-25(2)40(24)46)56-17-9-11-32-33-13-14-35(45)39(38-27(4)48-49(6)28(38)5)41(33)52-26(3)21-51(43(53)42(32)52)37-23-50(22-30-10-7-8-16-47-30)36-15-12-29(44(54)55)20-34(36)37/h7-8,10,12-16,18-20,23,26H,9,11,17,21-22H2,1-6H3,(H,54,55). The topological polar surface area (TPSA) is 107 Å². The summed E-state index contributed by atoms with van der Waals surface area (Å²) in [5, 5.41) is 17.7. The number of amides is 1. The fourth-order valence-electron chi connectivity index (χ4n) is 8.36. The lowest BCUT2D eigenvalue weighted by atomic mass is 9.98. The Morgan fingerprint density at radius 1 is 0.982 bits per heavy atom. The van der Waals surface area contributed by atoms with Gasteiger partial charge in [-0.1, -0.05) is 35.3 Å². The molecule has 1 aliphatic rings. The lowest BCUT2D eigenvalue weighted by molar-refractivity contribution is 0.0696. The van der Waals surface area contributed by atoms with Crippen LogP contribution < -0.4 is 9.64 Å². The number of hydrogen-bond acceptors (Lipinski definition) is 5. The number of nitrogens with zero attached hydrogens (tertiary/aromatic N) is 6. The highest BCUT2D eigenvalue weighted by Gasteiger charge is 2.38. The normalized spacial score (nSPS) is 14.2. The number of rotatable bonds is 10. The molecule has 8 rings (SSSR count). The Hall–Kier alpha value is -5.58. The third-order valence-electron chi connectivity index (χ3n) is 11.0. The van der Waals surface area contributed by atoms with Crippen molar-refractivity contribution >= 4 is 62.6 Å². The molecule has 0 spiro atoms. The molecule has 7 aromatic rings. The van der Waals surface area contributed by atoms with E-state index in [0.717, 1.165) is 72.1 Å². The minimum atomic E-state index is -1.03. The Labute approximate surface area is 334 Å². The molecule has 1 amide bonds. The average molecular weight is 790 g/mol. The van der Waals surface area contributed by atoms with Gasteiger partial charge in [-0.15, -0.1) is 0 Å². The zero-order chi connectivity index (χ0) is 39.6. The lowest BCUT2D eigenvalue weighted by Crippen LogP contribution is -2.42. The van der Waals surface area contributed by atoms with Gasteiger partial charge in [-0.2, -0.15) is 5.10 Å². The first-order chi connectivity index (χ1) is 26.8. The molecule has 4 aromatic heterocycles. The molecule has 1 N–H and O–H groups in total. The van der Waals surface area contributed by atoms with Crippen molar-refractivity contribution in [3.63, 3.8) is 0 Å². The Morgan fingerprint density at radius 2 is 1.75 bits per heavy atom. The quantitative estimate of drug-likeness (QED) is 0.138. The van der Waals surface area contributed by atoms with Crippen LogP contribution in [-0.4, -0.2) is 54.0 Å². The number of aromatic nitrogens is 5. The summed E-state index contributed by atoms with van der Waals surface area (Å²) in [6.45, 7) is 11.3. The molecule has 0 fully saturated rings. The van der Waals surface area contributed by atoms with Crippen LogP contribution >= 0.6 is 23.2 Å². The van der Waals surface area contributed by atoms with Crippen molar-refractivity contribution in [1.29, 1.82) is 0 Å². The smallest absolute Gasteiger partial charge is 0.335 e. The van der Waals surface area contributed by atoms with Crippen LogP contribution in [0.4, 0.5) is 5.69 Å². The molecule has 10 nitrogen and oxygen atoms in total. The number of carboxylic acids is 1. The van der Waals surface area contributed by atoms with Gasteiger partial charge in [0.05, 0.1) is 51.8 Å². The third-order valence-corrected chi connectivity index (χ3v) is 11.9. The summed E-state index contributed by atoms with van der Waals surface area (Å²) in [5.41, 5.74) is 10.4. The molecule has 1 atom stereocenters. The molecule has 3 aromatic carbocycles. The molecule has 1 aliphatic heterocycles. The summed E-state index contributed by atoms with van der Waals surface area (Å²) in [4.78, 5) is 33.8. The van der Waals surface area contributed by atoms with Crippen molar-refractivity contribution in [2.45, 2.75) is 60.0 Å². The molecule has 1 unspecified atom stereocenters.